The molecule has 13 heteroatoms. The summed E-state index contributed by atoms with van der Waals surface area (Å²) in [7, 11) is -3.89. The van der Waals surface area contributed by atoms with Crippen molar-refractivity contribution in [1.29, 1.82) is 0 Å². The molecule has 5 rings (SSSR count). The van der Waals surface area contributed by atoms with Crippen molar-refractivity contribution in [2.45, 2.75) is 56.6 Å². The van der Waals surface area contributed by atoms with Crippen molar-refractivity contribution < 1.29 is 31.9 Å². The molecule has 1 spiro atoms. The van der Waals surface area contributed by atoms with Gasteiger partial charge in [-0.1, -0.05) is 35.3 Å². The number of fused-ring (bicyclic) bond motifs is 2. The lowest BCUT2D eigenvalue weighted by Gasteiger charge is -2.53. The zero-order valence-electron chi connectivity index (χ0n) is 24.3. The van der Waals surface area contributed by atoms with Crippen molar-refractivity contribution in [3.8, 4) is 5.75 Å². The van der Waals surface area contributed by atoms with Crippen LogP contribution in [0.2, 0.25) is 10.0 Å². The number of rotatable bonds is 6. The first-order valence-electron chi connectivity index (χ1n) is 13.7. The van der Waals surface area contributed by atoms with Crippen molar-refractivity contribution >= 4 is 56.6 Å². The van der Waals surface area contributed by atoms with Crippen LogP contribution in [0.1, 0.15) is 60.9 Å². The van der Waals surface area contributed by atoms with Crippen LogP contribution in [0.25, 0.3) is 0 Å². The van der Waals surface area contributed by atoms with Crippen LogP contribution < -0.4 is 20.1 Å². The monoisotopic (exact) mass is 661 g/mol. The Kier molecular flexibility index (Phi) is 8.19. The molecule has 2 heterocycles. The predicted octanol–water partition coefficient (Wildman–Crippen LogP) is 5.30. The van der Waals surface area contributed by atoms with Crippen LogP contribution in [-0.2, 0) is 29.8 Å². The second kappa shape index (κ2) is 11.4. The Bertz CT molecular complexity index is 1820. The maximum Gasteiger partial charge on any atom is 0.277 e. The number of nitrogens with one attached hydrogen (secondary N) is 3. The van der Waals surface area contributed by atoms with E-state index in [9.17, 15) is 27.2 Å². The number of ether oxygens (including phenoxy) is 1. The lowest BCUT2D eigenvalue weighted by molar-refractivity contribution is -0.132. The lowest BCUT2D eigenvalue weighted by atomic mass is 9.55. The quantitative estimate of drug-likeness (QED) is 0.329. The van der Waals surface area contributed by atoms with Crippen molar-refractivity contribution in [2.75, 3.05) is 11.6 Å². The normalized spacial score (nSPS) is 21.7. The Balaban J connectivity index is 1.77. The Morgan fingerprint density at radius 2 is 1.70 bits per heavy atom. The number of halogens is 3. The van der Waals surface area contributed by atoms with Crippen LogP contribution in [0, 0.1) is 12.7 Å². The van der Waals surface area contributed by atoms with E-state index in [-0.39, 0.29) is 30.4 Å². The standard InChI is InChI=1S/C31H30Cl2FN3O6S/c1-16-5-8-19(34)13-20(16)28-31(15-27(39)35-24-12-18(33)6-9-22(24)31)23(14-26(38)36-28)21-11-17(32)7-10-25(21)43-30(2,3)29(40)37-44(4,41)42/h5-13,23,28H,14-15H2,1-4H3,(H,35,39)(H,36,38)(H,37,40)/t23-,28+,31+/m1/s1. The highest BCUT2D eigenvalue weighted by atomic mass is 35.5. The third-order valence-electron chi connectivity index (χ3n) is 8.13. The second-order valence-corrected chi connectivity index (χ2v) is 14.3. The molecule has 1 saturated heterocycles. The van der Waals surface area contributed by atoms with E-state index in [1.165, 1.54) is 38.1 Å². The summed E-state index contributed by atoms with van der Waals surface area (Å²) in [6.45, 7) is 4.60. The average Bonchev–Trinajstić information content (AvgIpc) is 2.91. The van der Waals surface area contributed by atoms with Gasteiger partial charge >= 0.3 is 0 Å². The summed E-state index contributed by atoms with van der Waals surface area (Å²) in [5.41, 5.74) is -0.232. The number of aryl methyl sites for hydroxylation is 1. The molecule has 3 aromatic carbocycles. The van der Waals surface area contributed by atoms with Crippen LogP contribution in [0.15, 0.2) is 54.6 Å². The molecule has 3 atom stereocenters. The highest BCUT2D eigenvalue weighted by Gasteiger charge is 2.57. The molecule has 0 radical (unpaired) electrons. The van der Waals surface area contributed by atoms with Gasteiger partial charge in [0.2, 0.25) is 21.8 Å². The van der Waals surface area contributed by atoms with E-state index >= 15 is 0 Å². The fourth-order valence-corrected chi connectivity index (χ4v) is 7.16. The summed E-state index contributed by atoms with van der Waals surface area (Å²) in [6, 6.07) is 13.1. The van der Waals surface area contributed by atoms with E-state index in [1.54, 1.807) is 37.3 Å². The summed E-state index contributed by atoms with van der Waals surface area (Å²) >= 11 is 12.8. The van der Waals surface area contributed by atoms with Gasteiger partial charge < -0.3 is 15.4 Å². The van der Waals surface area contributed by atoms with E-state index in [4.69, 9.17) is 27.9 Å². The minimum atomic E-state index is -3.89. The molecular weight excluding hydrogens is 632 g/mol. The zero-order valence-corrected chi connectivity index (χ0v) is 26.6. The fourth-order valence-electron chi connectivity index (χ4n) is 6.23. The number of carbonyl (C=O) groups excluding carboxylic acids is 3. The molecule has 3 aromatic rings. The Labute approximate surface area is 264 Å². The lowest BCUT2D eigenvalue weighted by Crippen LogP contribution is -2.56. The summed E-state index contributed by atoms with van der Waals surface area (Å²) in [5.74, 6) is -2.79. The molecule has 0 unspecified atom stereocenters. The number of sulfonamides is 1. The van der Waals surface area contributed by atoms with E-state index < -0.39 is 44.7 Å². The first-order valence-corrected chi connectivity index (χ1v) is 16.3. The molecule has 0 aliphatic carbocycles. The maximum atomic E-state index is 14.8. The van der Waals surface area contributed by atoms with Crippen molar-refractivity contribution in [3.63, 3.8) is 0 Å². The molecule has 2 aliphatic heterocycles. The van der Waals surface area contributed by atoms with Crippen molar-refractivity contribution in [1.82, 2.24) is 10.0 Å². The average molecular weight is 663 g/mol. The number of benzene rings is 3. The Hall–Kier alpha value is -3.67. The molecular formula is C31H30Cl2FN3O6S. The number of piperidine rings is 1. The molecule has 232 valence electrons. The van der Waals surface area contributed by atoms with Gasteiger partial charge in [-0.05, 0) is 79.9 Å². The predicted molar refractivity (Wildman–Crippen MR) is 165 cm³/mol. The van der Waals surface area contributed by atoms with Crippen LogP contribution in [0.5, 0.6) is 5.75 Å². The van der Waals surface area contributed by atoms with Gasteiger partial charge in [-0.25, -0.2) is 17.5 Å². The summed E-state index contributed by atoms with van der Waals surface area (Å²) in [4.78, 5) is 39.9. The van der Waals surface area contributed by atoms with Gasteiger partial charge in [0.15, 0.2) is 5.60 Å². The third-order valence-corrected chi connectivity index (χ3v) is 9.16. The molecule has 0 aromatic heterocycles. The molecule has 3 N–H and O–H groups in total. The van der Waals surface area contributed by atoms with E-state index in [1.807, 2.05) is 4.72 Å². The summed E-state index contributed by atoms with van der Waals surface area (Å²) < 4.78 is 46.5. The van der Waals surface area contributed by atoms with Gasteiger partial charge in [0.25, 0.3) is 5.91 Å². The molecule has 3 amide bonds. The Morgan fingerprint density at radius 3 is 2.41 bits per heavy atom. The third kappa shape index (κ3) is 6.00. The minimum Gasteiger partial charge on any atom is -0.478 e. The van der Waals surface area contributed by atoms with Gasteiger partial charge in [0.1, 0.15) is 11.6 Å². The van der Waals surface area contributed by atoms with E-state index in [0.29, 0.717) is 38.0 Å². The topological polar surface area (TPSA) is 131 Å². The summed E-state index contributed by atoms with van der Waals surface area (Å²) in [5, 5.41) is 6.59. The molecule has 9 nitrogen and oxygen atoms in total. The number of hydrogen-bond acceptors (Lipinski definition) is 6. The van der Waals surface area contributed by atoms with Crippen molar-refractivity contribution in [2.24, 2.45) is 0 Å². The van der Waals surface area contributed by atoms with E-state index in [0.717, 1.165) is 6.26 Å². The van der Waals surface area contributed by atoms with Gasteiger partial charge in [-0.2, -0.15) is 0 Å². The van der Waals surface area contributed by atoms with Crippen LogP contribution in [0.3, 0.4) is 0 Å². The van der Waals surface area contributed by atoms with Gasteiger partial charge in [0, 0.05) is 45.5 Å². The summed E-state index contributed by atoms with van der Waals surface area (Å²) in [6.07, 6.45) is 0.620. The van der Waals surface area contributed by atoms with Crippen LogP contribution in [0.4, 0.5) is 10.1 Å². The number of hydrogen-bond donors (Lipinski definition) is 3. The molecule has 0 bridgehead atoms. The van der Waals surface area contributed by atoms with Gasteiger partial charge in [-0.3, -0.25) is 14.4 Å². The highest BCUT2D eigenvalue weighted by Crippen LogP contribution is 2.59. The number of carbonyl (C=O) groups is 3. The minimum absolute atomic E-state index is 0.114. The zero-order chi connectivity index (χ0) is 32.2. The largest absolute Gasteiger partial charge is 0.478 e. The molecule has 44 heavy (non-hydrogen) atoms. The molecule has 2 aliphatic rings. The SMILES string of the molecule is Cc1ccc(F)cc1[C@@H]1NC(=O)C[C@H](c2cc(Cl)ccc2OC(C)(C)C(=O)NS(C)(=O)=O)[C@@]12CC(=O)Nc1cc(Cl)ccc12. The molecule has 0 saturated carbocycles. The van der Waals surface area contributed by atoms with Gasteiger partial charge in [-0.15, -0.1) is 0 Å². The number of anilines is 1. The molecule has 1 fully saturated rings. The number of amides is 3. The van der Waals surface area contributed by atoms with Crippen molar-refractivity contribution in [3.05, 3.63) is 92.7 Å². The first kappa shape index (κ1) is 31.7. The second-order valence-electron chi connectivity index (χ2n) is 11.7. The van der Waals surface area contributed by atoms with Gasteiger partial charge in [0.05, 0.1) is 12.3 Å². The smallest absolute Gasteiger partial charge is 0.277 e. The van der Waals surface area contributed by atoms with E-state index in [2.05, 4.69) is 10.6 Å². The van der Waals surface area contributed by atoms with Crippen LogP contribution >= 0.6 is 23.2 Å². The highest BCUT2D eigenvalue weighted by molar-refractivity contribution is 7.89. The van der Waals surface area contributed by atoms with Crippen LogP contribution in [-0.4, -0.2) is 38.0 Å². The first-order chi connectivity index (χ1) is 20.5. The fraction of sp³-hybridized carbons (Fsp3) is 0.323. The maximum absolute atomic E-state index is 14.8. The Morgan fingerprint density at radius 1 is 1.02 bits per heavy atom.